The van der Waals surface area contributed by atoms with Crippen LogP contribution < -0.4 is 0 Å². The molecule has 0 radical (unpaired) electrons. The molecule has 0 aliphatic carbocycles. The van der Waals surface area contributed by atoms with Gasteiger partial charge in [0.15, 0.2) is 0 Å². The van der Waals surface area contributed by atoms with Gasteiger partial charge < -0.3 is 0 Å². The number of nitrogens with zero attached hydrogens (tertiary/aromatic N) is 1. The van der Waals surface area contributed by atoms with Crippen LogP contribution in [-0.4, -0.2) is 4.98 Å². The van der Waals surface area contributed by atoms with Gasteiger partial charge in [-0.1, -0.05) is 12.2 Å². The molecule has 1 aromatic heterocycles. The van der Waals surface area contributed by atoms with Crippen molar-refractivity contribution in [1.82, 2.24) is 4.98 Å². The predicted molar refractivity (Wildman–Crippen MR) is 32.9 cm³/mol. The van der Waals surface area contributed by atoms with Crippen LogP contribution in [-0.2, 0) is 0 Å². The van der Waals surface area contributed by atoms with Crippen LogP contribution >= 0.6 is 23.6 Å². The third-order valence-corrected chi connectivity index (χ3v) is 1.50. The largest absolute Gasteiger partial charge is 0.262 e. The van der Waals surface area contributed by atoms with E-state index < -0.39 is 0 Å². The zero-order valence-electron chi connectivity index (χ0n) is 3.50. The Labute approximate surface area is 50.7 Å². The molecule has 0 fully saturated rings. The van der Waals surface area contributed by atoms with Gasteiger partial charge in [0, 0.05) is 11.6 Å². The molecule has 0 unspecified atom stereocenters. The Morgan fingerprint density at radius 2 is 2.57 bits per heavy atom. The van der Waals surface area contributed by atoms with Gasteiger partial charge in [0.1, 0.15) is 3.82 Å². The molecular formula is C4H3NS2. The number of hydrogen-bond acceptors (Lipinski definition) is 3. The van der Waals surface area contributed by atoms with Gasteiger partial charge in [0.25, 0.3) is 0 Å². The Kier molecular flexibility index (Phi) is 1.49. The zero-order valence-corrected chi connectivity index (χ0v) is 5.13. The van der Waals surface area contributed by atoms with Gasteiger partial charge in [-0.15, -0.1) is 11.3 Å². The quantitative estimate of drug-likeness (QED) is 0.496. The standard InChI is InChI=1S/C4H3NS2/c6-4-3-5-1-2-7-4/h1-3H. The smallest absolute Gasteiger partial charge is 0.108 e. The molecule has 1 rings (SSSR count). The van der Waals surface area contributed by atoms with E-state index in [2.05, 4.69) is 4.98 Å². The molecule has 1 heterocycles. The molecule has 0 saturated carbocycles. The van der Waals surface area contributed by atoms with Gasteiger partial charge >= 0.3 is 0 Å². The molecule has 1 nitrogen and oxygen atoms in total. The molecule has 0 saturated heterocycles. The van der Waals surface area contributed by atoms with Crippen molar-refractivity contribution in [1.29, 1.82) is 0 Å². The summed E-state index contributed by atoms with van der Waals surface area (Å²) in [5, 5.41) is 1.86. The minimum atomic E-state index is 0.836. The molecule has 0 amide bonds. The first-order chi connectivity index (χ1) is 3.39. The summed E-state index contributed by atoms with van der Waals surface area (Å²) in [6.45, 7) is 0. The van der Waals surface area contributed by atoms with Crippen molar-refractivity contribution in [2.24, 2.45) is 0 Å². The highest BCUT2D eigenvalue weighted by Crippen LogP contribution is 1.93. The van der Waals surface area contributed by atoms with E-state index in [1.54, 1.807) is 12.4 Å². The summed E-state index contributed by atoms with van der Waals surface area (Å²) in [4.78, 5) is 3.79. The summed E-state index contributed by atoms with van der Waals surface area (Å²) in [5.41, 5.74) is 0. The summed E-state index contributed by atoms with van der Waals surface area (Å²) < 4.78 is 0.836. The second kappa shape index (κ2) is 2.14. The molecule has 0 N–H and O–H groups in total. The Hall–Kier alpha value is -0.280. The number of aromatic nitrogens is 1. The fraction of sp³-hybridized carbons (Fsp3) is 0. The molecular weight excluding hydrogens is 126 g/mol. The molecule has 36 valence electrons. The third kappa shape index (κ3) is 1.33. The topological polar surface area (TPSA) is 12.9 Å². The lowest BCUT2D eigenvalue weighted by Gasteiger charge is -1.72. The summed E-state index contributed by atoms with van der Waals surface area (Å²) >= 11 is 6.29. The monoisotopic (exact) mass is 129 g/mol. The second-order valence-electron chi connectivity index (χ2n) is 1.00. The van der Waals surface area contributed by atoms with Crippen molar-refractivity contribution in [3.05, 3.63) is 21.6 Å². The van der Waals surface area contributed by atoms with Crippen LogP contribution in [0.2, 0.25) is 0 Å². The van der Waals surface area contributed by atoms with E-state index in [9.17, 15) is 0 Å². The Morgan fingerprint density at radius 1 is 1.71 bits per heavy atom. The Bertz CT molecular complexity index is 175. The lowest BCUT2D eigenvalue weighted by Crippen LogP contribution is -1.58. The van der Waals surface area contributed by atoms with Crippen LogP contribution in [0.5, 0.6) is 0 Å². The lowest BCUT2D eigenvalue weighted by molar-refractivity contribution is 1.36. The fourth-order valence-electron chi connectivity index (χ4n) is 0.267. The third-order valence-electron chi connectivity index (χ3n) is 0.511. The maximum absolute atomic E-state index is 4.77. The van der Waals surface area contributed by atoms with Crippen molar-refractivity contribution < 1.29 is 0 Å². The van der Waals surface area contributed by atoms with Crippen molar-refractivity contribution in [3.63, 3.8) is 0 Å². The van der Waals surface area contributed by atoms with Crippen molar-refractivity contribution in [2.45, 2.75) is 0 Å². The molecule has 0 bridgehead atoms. The van der Waals surface area contributed by atoms with E-state index in [-0.39, 0.29) is 0 Å². The van der Waals surface area contributed by atoms with Gasteiger partial charge in [-0.2, -0.15) is 0 Å². The van der Waals surface area contributed by atoms with Gasteiger partial charge in [0.2, 0.25) is 0 Å². The van der Waals surface area contributed by atoms with Crippen LogP contribution in [0, 0.1) is 3.82 Å². The summed E-state index contributed by atoms with van der Waals surface area (Å²) in [6.07, 6.45) is 3.39. The van der Waals surface area contributed by atoms with Gasteiger partial charge in [-0.05, 0) is 0 Å². The summed E-state index contributed by atoms with van der Waals surface area (Å²) in [5.74, 6) is 0. The van der Waals surface area contributed by atoms with Gasteiger partial charge in [-0.25, -0.2) is 0 Å². The second-order valence-corrected chi connectivity index (χ2v) is 2.65. The highest BCUT2D eigenvalue weighted by Gasteiger charge is 1.68. The molecule has 0 aliphatic heterocycles. The first-order valence-electron chi connectivity index (χ1n) is 1.78. The van der Waals surface area contributed by atoms with Crippen LogP contribution in [0.1, 0.15) is 0 Å². The highest BCUT2D eigenvalue weighted by molar-refractivity contribution is 7.73. The fourth-order valence-corrected chi connectivity index (χ4v) is 0.881. The maximum Gasteiger partial charge on any atom is 0.108 e. The number of rotatable bonds is 0. The lowest BCUT2D eigenvalue weighted by atomic mass is 10.9. The molecule has 0 spiro atoms. The van der Waals surface area contributed by atoms with Crippen LogP contribution in [0.3, 0.4) is 0 Å². The minimum absolute atomic E-state index is 0.836. The number of hydrogen-bond donors (Lipinski definition) is 0. The molecule has 0 atom stereocenters. The van der Waals surface area contributed by atoms with Crippen molar-refractivity contribution in [3.8, 4) is 0 Å². The first kappa shape index (κ1) is 4.87. The average molecular weight is 129 g/mol. The molecule has 3 heteroatoms. The van der Waals surface area contributed by atoms with E-state index in [0.717, 1.165) is 3.82 Å². The predicted octanol–water partition coefficient (Wildman–Crippen LogP) is 1.87. The van der Waals surface area contributed by atoms with E-state index in [0.29, 0.717) is 0 Å². The van der Waals surface area contributed by atoms with Crippen molar-refractivity contribution in [2.75, 3.05) is 0 Å². The maximum atomic E-state index is 4.77. The minimum Gasteiger partial charge on any atom is -0.262 e. The van der Waals surface area contributed by atoms with E-state index in [1.165, 1.54) is 11.3 Å². The Balaban J connectivity index is 3.28. The van der Waals surface area contributed by atoms with Gasteiger partial charge in [-0.3, -0.25) is 4.98 Å². The molecule has 0 aromatic carbocycles. The molecule has 7 heavy (non-hydrogen) atoms. The molecule has 1 aromatic rings. The molecule has 0 aliphatic rings. The van der Waals surface area contributed by atoms with Crippen molar-refractivity contribution >= 4 is 23.6 Å². The van der Waals surface area contributed by atoms with Crippen LogP contribution in [0.25, 0.3) is 0 Å². The van der Waals surface area contributed by atoms with E-state index in [1.807, 2.05) is 5.38 Å². The zero-order chi connectivity index (χ0) is 5.11. The first-order valence-corrected chi connectivity index (χ1v) is 3.07. The Morgan fingerprint density at radius 3 is 2.86 bits per heavy atom. The highest BCUT2D eigenvalue weighted by atomic mass is 32.1. The van der Waals surface area contributed by atoms with Crippen LogP contribution in [0.4, 0.5) is 0 Å². The summed E-state index contributed by atoms with van der Waals surface area (Å²) in [7, 11) is 0. The SMILES string of the molecule is S=c1cnccs1. The van der Waals surface area contributed by atoms with E-state index in [4.69, 9.17) is 12.2 Å². The normalized spacial score (nSPS) is 8.57. The van der Waals surface area contributed by atoms with Crippen LogP contribution in [0.15, 0.2) is 17.8 Å². The van der Waals surface area contributed by atoms with E-state index >= 15 is 0 Å². The summed E-state index contributed by atoms with van der Waals surface area (Å²) in [6, 6.07) is 0. The average Bonchev–Trinajstić information content (AvgIpc) is 1.69. The van der Waals surface area contributed by atoms with Gasteiger partial charge in [0.05, 0.1) is 6.20 Å².